The van der Waals surface area contributed by atoms with Gasteiger partial charge in [-0.15, -0.1) is 0 Å². The van der Waals surface area contributed by atoms with Crippen LogP contribution in [0.1, 0.15) is 68.4 Å². The van der Waals surface area contributed by atoms with E-state index < -0.39 is 0 Å². The molecule has 1 aliphatic carbocycles. The van der Waals surface area contributed by atoms with Crippen molar-refractivity contribution >= 4 is 0 Å². The third-order valence-corrected chi connectivity index (χ3v) is 5.23. The second kappa shape index (κ2) is 7.31. The predicted octanol–water partition coefficient (Wildman–Crippen LogP) is 4.43. The van der Waals surface area contributed by atoms with Gasteiger partial charge in [0.2, 0.25) is 0 Å². The molecular formula is C19H29NO. The summed E-state index contributed by atoms with van der Waals surface area (Å²) in [6.45, 7) is 1.19. The second-order valence-electron chi connectivity index (χ2n) is 6.76. The van der Waals surface area contributed by atoms with Crippen LogP contribution in [-0.2, 0) is 6.42 Å². The lowest BCUT2D eigenvalue weighted by Crippen LogP contribution is -2.35. The van der Waals surface area contributed by atoms with Crippen molar-refractivity contribution in [1.82, 2.24) is 5.32 Å². The fourth-order valence-corrected chi connectivity index (χ4v) is 4.03. The number of ether oxygens (including phenoxy) is 1. The molecule has 0 aromatic heterocycles. The Labute approximate surface area is 129 Å². The smallest absolute Gasteiger partial charge is 0.122 e. The van der Waals surface area contributed by atoms with E-state index in [0.717, 1.165) is 5.75 Å². The maximum absolute atomic E-state index is 5.63. The van der Waals surface area contributed by atoms with Crippen molar-refractivity contribution in [2.24, 2.45) is 0 Å². The molecule has 1 saturated carbocycles. The summed E-state index contributed by atoms with van der Waals surface area (Å²) < 4.78 is 5.63. The van der Waals surface area contributed by atoms with Crippen LogP contribution in [0.4, 0.5) is 0 Å². The molecule has 0 spiro atoms. The van der Waals surface area contributed by atoms with E-state index in [4.69, 9.17) is 4.74 Å². The van der Waals surface area contributed by atoms with Gasteiger partial charge in [0, 0.05) is 6.04 Å². The van der Waals surface area contributed by atoms with E-state index in [-0.39, 0.29) is 0 Å². The molecule has 0 amide bonds. The summed E-state index contributed by atoms with van der Waals surface area (Å²) in [5, 5.41) is 3.66. The monoisotopic (exact) mass is 287 g/mol. The standard InChI is InChI=1S/C19H29NO/c1-21-19-11-10-15(13-17-9-5-6-12-20-17)14-18(19)16-7-3-2-4-8-16/h10-11,14,16-17,20H,2-9,12-13H2,1H3. The molecule has 1 aromatic carbocycles. The van der Waals surface area contributed by atoms with Crippen LogP contribution in [-0.4, -0.2) is 19.7 Å². The number of rotatable bonds is 4. The number of piperidine rings is 1. The van der Waals surface area contributed by atoms with Crippen molar-refractivity contribution in [3.05, 3.63) is 29.3 Å². The molecule has 3 rings (SSSR count). The molecule has 1 saturated heterocycles. The highest BCUT2D eigenvalue weighted by molar-refractivity contribution is 5.40. The van der Waals surface area contributed by atoms with Gasteiger partial charge in [0.1, 0.15) is 5.75 Å². The topological polar surface area (TPSA) is 21.3 Å². The molecule has 2 aliphatic rings. The number of hydrogen-bond donors (Lipinski definition) is 1. The molecule has 1 N–H and O–H groups in total. The van der Waals surface area contributed by atoms with Crippen molar-refractivity contribution in [2.45, 2.75) is 69.7 Å². The van der Waals surface area contributed by atoms with E-state index in [1.165, 1.54) is 75.5 Å². The van der Waals surface area contributed by atoms with Crippen molar-refractivity contribution in [2.75, 3.05) is 13.7 Å². The third-order valence-electron chi connectivity index (χ3n) is 5.23. The van der Waals surface area contributed by atoms with E-state index in [0.29, 0.717) is 12.0 Å². The number of hydrogen-bond acceptors (Lipinski definition) is 2. The highest BCUT2D eigenvalue weighted by Crippen LogP contribution is 2.38. The minimum Gasteiger partial charge on any atom is -0.496 e. The highest BCUT2D eigenvalue weighted by atomic mass is 16.5. The van der Waals surface area contributed by atoms with Gasteiger partial charge < -0.3 is 10.1 Å². The molecule has 1 aliphatic heterocycles. The first kappa shape index (κ1) is 14.9. The summed E-state index contributed by atoms with van der Waals surface area (Å²) in [6, 6.07) is 7.57. The van der Waals surface area contributed by atoms with E-state index in [9.17, 15) is 0 Å². The first-order valence-corrected chi connectivity index (χ1v) is 8.77. The van der Waals surface area contributed by atoms with Crippen LogP contribution >= 0.6 is 0 Å². The van der Waals surface area contributed by atoms with Gasteiger partial charge in [0.15, 0.2) is 0 Å². The van der Waals surface area contributed by atoms with Gasteiger partial charge in [-0.05, 0) is 61.8 Å². The van der Waals surface area contributed by atoms with Crippen molar-refractivity contribution < 1.29 is 4.74 Å². The van der Waals surface area contributed by atoms with E-state index in [1.807, 2.05) is 7.11 Å². The van der Waals surface area contributed by atoms with Gasteiger partial charge in [-0.25, -0.2) is 0 Å². The molecule has 0 radical (unpaired) electrons. The summed E-state index contributed by atoms with van der Waals surface area (Å²) >= 11 is 0. The summed E-state index contributed by atoms with van der Waals surface area (Å²) in [7, 11) is 1.81. The average molecular weight is 287 g/mol. The summed E-state index contributed by atoms with van der Waals surface area (Å²) in [5.74, 6) is 1.82. The summed E-state index contributed by atoms with van der Waals surface area (Å²) in [5.41, 5.74) is 2.95. The van der Waals surface area contributed by atoms with Gasteiger partial charge in [-0.1, -0.05) is 37.8 Å². The zero-order valence-corrected chi connectivity index (χ0v) is 13.4. The highest BCUT2D eigenvalue weighted by Gasteiger charge is 2.20. The predicted molar refractivity (Wildman–Crippen MR) is 88.2 cm³/mol. The molecule has 0 bridgehead atoms. The lowest BCUT2D eigenvalue weighted by molar-refractivity contribution is 0.384. The van der Waals surface area contributed by atoms with Crippen LogP contribution in [0.2, 0.25) is 0 Å². The third kappa shape index (κ3) is 3.79. The lowest BCUT2D eigenvalue weighted by atomic mass is 9.82. The number of nitrogens with one attached hydrogen (secondary N) is 1. The van der Waals surface area contributed by atoms with Crippen LogP contribution < -0.4 is 10.1 Å². The molecule has 1 aromatic rings. The first-order chi connectivity index (χ1) is 10.4. The van der Waals surface area contributed by atoms with Gasteiger partial charge in [-0.2, -0.15) is 0 Å². The molecule has 1 unspecified atom stereocenters. The molecule has 1 atom stereocenters. The maximum Gasteiger partial charge on any atom is 0.122 e. The summed E-state index contributed by atoms with van der Waals surface area (Å²) in [4.78, 5) is 0. The van der Waals surface area contributed by atoms with Crippen molar-refractivity contribution in [3.63, 3.8) is 0 Å². The minimum absolute atomic E-state index is 0.673. The largest absolute Gasteiger partial charge is 0.496 e. The SMILES string of the molecule is COc1ccc(CC2CCCCN2)cc1C1CCCCC1. The molecular weight excluding hydrogens is 258 g/mol. The van der Waals surface area contributed by atoms with Gasteiger partial charge in [-0.3, -0.25) is 0 Å². The Hall–Kier alpha value is -1.02. The molecule has 1 heterocycles. The average Bonchev–Trinajstić information content (AvgIpc) is 2.56. The van der Waals surface area contributed by atoms with E-state index >= 15 is 0 Å². The van der Waals surface area contributed by atoms with E-state index in [2.05, 4.69) is 23.5 Å². The molecule has 2 heteroatoms. The first-order valence-electron chi connectivity index (χ1n) is 8.77. The fourth-order valence-electron chi connectivity index (χ4n) is 4.03. The normalized spacial score (nSPS) is 24.0. The van der Waals surface area contributed by atoms with Crippen molar-refractivity contribution in [3.8, 4) is 5.75 Å². The van der Waals surface area contributed by atoms with Crippen LogP contribution in [0.15, 0.2) is 18.2 Å². The van der Waals surface area contributed by atoms with Crippen molar-refractivity contribution in [1.29, 1.82) is 0 Å². The Kier molecular flexibility index (Phi) is 5.18. The Morgan fingerprint density at radius 2 is 1.86 bits per heavy atom. The van der Waals surface area contributed by atoms with Gasteiger partial charge in [0.05, 0.1) is 7.11 Å². The van der Waals surface area contributed by atoms with Gasteiger partial charge >= 0.3 is 0 Å². The zero-order valence-electron chi connectivity index (χ0n) is 13.4. The zero-order chi connectivity index (χ0) is 14.5. The molecule has 2 fully saturated rings. The Balaban J connectivity index is 1.75. The Morgan fingerprint density at radius 1 is 1.05 bits per heavy atom. The fraction of sp³-hybridized carbons (Fsp3) is 0.684. The van der Waals surface area contributed by atoms with Crippen LogP contribution in [0.25, 0.3) is 0 Å². The van der Waals surface area contributed by atoms with Gasteiger partial charge in [0.25, 0.3) is 0 Å². The second-order valence-corrected chi connectivity index (χ2v) is 6.76. The van der Waals surface area contributed by atoms with Crippen LogP contribution in [0.3, 0.4) is 0 Å². The number of benzene rings is 1. The van der Waals surface area contributed by atoms with Crippen LogP contribution in [0, 0.1) is 0 Å². The van der Waals surface area contributed by atoms with Crippen LogP contribution in [0.5, 0.6) is 5.75 Å². The quantitative estimate of drug-likeness (QED) is 0.884. The minimum atomic E-state index is 0.673. The van der Waals surface area contributed by atoms with E-state index in [1.54, 1.807) is 0 Å². The molecule has 116 valence electrons. The Bertz CT molecular complexity index is 445. The summed E-state index contributed by atoms with van der Waals surface area (Å²) in [6.07, 6.45) is 12.0. The molecule has 21 heavy (non-hydrogen) atoms. The lowest BCUT2D eigenvalue weighted by Gasteiger charge is -2.26. The maximum atomic E-state index is 5.63. The number of methoxy groups -OCH3 is 1. The Morgan fingerprint density at radius 3 is 2.57 bits per heavy atom. The molecule has 2 nitrogen and oxygen atoms in total.